The molecular weight excluding hydrogens is 308 g/mol. The lowest BCUT2D eigenvalue weighted by Gasteiger charge is -2.25. The molecule has 0 radical (unpaired) electrons. The number of hydrogen-bond donors (Lipinski definition) is 0. The molecular formula is C21H24N4. The zero-order valence-corrected chi connectivity index (χ0v) is 15.3. The maximum Gasteiger partial charge on any atom is 0.123 e. The number of rotatable bonds is 4. The molecule has 0 aliphatic heterocycles. The van der Waals surface area contributed by atoms with Crippen molar-refractivity contribution in [2.75, 3.05) is 0 Å². The van der Waals surface area contributed by atoms with E-state index in [1.54, 1.807) is 0 Å². The molecule has 0 atom stereocenters. The van der Waals surface area contributed by atoms with E-state index in [2.05, 4.69) is 73.2 Å². The van der Waals surface area contributed by atoms with Gasteiger partial charge in [0.2, 0.25) is 0 Å². The summed E-state index contributed by atoms with van der Waals surface area (Å²) in [6, 6.07) is 16.7. The van der Waals surface area contributed by atoms with Gasteiger partial charge in [-0.1, -0.05) is 24.3 Å². The fourth-order valence-electron chi connectivity index (χ4n) is 3.85. The predicted octanol–water partition coefficient (Wildman–Crippen LogP) is 4.75. The summed E-state index contributed by atoms with van der Waals surface area (Å²) in [4.78, 5) is 9.97. The van der Waals surface area contributed by atoms with Crippen molar-refractivity contribution in [2.45, 2.75) is 46.2 Å². The molecule has 0 spiro atoms. The molecule has 0 bridgehead atoms. The number of imidazole rings is 2. The number of aryl methyl sites for hydroxylation is 2. The highest BCUT2D eigenvalue weighted by Gasteiger charge is 2.34. The second-order valence-corrected chi connectivity index (χ2v) is 6.96. The summed E-state index contributed by atoms with van der Waals surface area (Å²) < 4.78 is 4.63. The van der Waals surface area contributed by atoms with Crippen molar-refractivity contribution in [2.24, 2.45) is 0 Å². The minimum atomic E-state index is -0.288. The van der Waals surface area contributed by atoms with Crippen LogP contribution in [0.25, 0.3) is 22.1 Å². The van der Waals surface area contributed by atoms with Gasteiger partial charge in [-0.25, -0.2) is 9.97 Å². The highest BCUT2D eigenvalue weighted by Crippen LogP contribution is 2.34. The molecule has 0 unspecified atom stereocenters. The molecule has 128 valence electrons. The van der Waals surface area contributed by atoms with Crippen molar-refractivity contribution in [1.82, 2.24) is 19.1 Å². The molecule has 0 N–H and O–H groups in total. The first-order valence-electron chi connectivity index (χ1n) is 8.99. The van der Waals surface area contributed by atoms with Crippen LogP contribution in [-0.4, -0.2) is 19.1 Å². The number of hydrogen-bond acceptors (Lipinski definition) is 2. The van der Waals surface area contributed by atoms with Gasteiger partial charge in [0.25, 0.3) is 0 Å². The summed E-state index contributed by atoms with van der Waals surface area (Å²) in [6.07, 6.45) is 0. The van der Waals surface area contributed by atoms with E-state index in [1.807, 2.05) is 12.1 Å². The van der Waals surface area contributed by atoms with Gasteiger partial charge < -0.3 is 9.13 Å². The van der Waals surface area contributed by atoms with E-state index in [0.717, 1.165) is 35.8 Å². The minimum Gasteiger partial charge on any atom is -0.327 e. The quantitative estimate of drug-likeness (QED) is 0.540. The first kappa shape index (κ1) is 15.9. The summed E-state index contributed by atoms with van der Waals surface area (Å²) in [7, 11) is 0. The van der Waals surface area contributed by atoms with Gasteiger partial charge in [0.1, 0.15) is 11.6 Å². The topological polar surface area (TPSA) is 35.6 Å². The molecule has 0 aliphatic carbocycles. The molecule has 0 saturated carbocycles. The molecule has 4 rings (SSSR count). The van der Waals surface area contributed by atoms with Crippen molar-refractivity contribution in [3.8, 4) is 0 Å². The SMILES string of the molecule is CCn1c(C(C)(C)c2nc3ccccc3n2CC)nc2ccccc21. The molecule has 25 heavy (non-hydrogen) atoms. The van der Waals surface area contributed by atoms with E-state index in [9.17, 15) is 0 Å². The second kappa shape index (κ2) is 5.73. The Bertz CT molecular complexity index is 968. The predicted molar refractivity (Wildman–Crippen MR) is 103 cm³/mol. The van der Waals surface area contributed by atoms with Gasteiger partial charge in [0, 0.05) is 13.1 Å². The molecule has 2 heterocycles. The standard InChI is InChI=1S/C21H24N4/c1-5-24-17-13-9-7-11-15(17)22-19(24)21(3,4)20-23-16-12-8-10-14-18(16)25(20)6-2/h7-14H,5-6H2,1-4H3. The minimum absolute atomic E-state index is 0.288. The van der Waals surface area contributed by atoms with Crippen LogP contribution in [0.1, 0.15) is 39.3 Å². The van der Waals surface area contributed by atoms with E-state index < -0.39 is 0 Å². The molecule has 4 aromatic rings. The molecule has 0 saturated heterocycles. The van der Waals surface area contributed by atoms with E-state index in [1.165, 1.54) is 11.0 Å². The van der Waals surface area contributed by atoms with E-state index in [4.69, 9.17) is 9.97 Å². The molecule has 0 aliphatic rings. The van der Waals surface area contributed by atoms with Crippen molar-refractivity contribution in [3.05, 3.63) is 60.2 Å². The van der Waals surface area contributed by atoms with Crippen LogP contribution in [0.4, 0.5) is 0 Å². The average Bonchev–Trinajstić information content (AvgIpc) is 3.20. The van der Waals surface area contributed by atoms with Crippen LogP contribution in [-0.2, 0) is 18.5 Å². The summed E-state index contributed by atoms with van der Waals surface area (Å²) >= 11 is 0. The number of para-hydroxylation sites is 4. The number of benzene rings is 2. The second-order valence-electron chi connectivity index (χ2n) is 6.96. The third-order valence-corrected chi connectivity index (χ3v) is 5.06. The van der Waals surface area contributed by atoms with Crippen molar-refractivity contribution < 1.29 is 0 Å². The maximum atomic E-state index is 4.99. The lowest BCUT2D eigenvalue weighted by Crippen LogP contribution is -2.28. The van der Waals surface area contributed by atoms with Crippen LogP contribution in [0.15, 0.2) is 48.5 Å². The molecule has 0 fully saturated rings. The maximum absolute atomic E-state index is 4.99. The van der Waals surface area contributed by atoms with Crippen LogP contribution < -0.4 is 0 Å². The van der Waals surface area contributed by atoms with Crippen LogP contribution >= 0.6 is 0 Å². The summed E-state index contributed by atoms with van der Waals surface area (Å²) in [5, 5.41) is 0. The molecule has 2 aromatic heterocycles. The lowest BCUT2D eigenvalue weighted by atomic mass is 9.91. The highest BCUT2D eigenvalue weighted by atomic mass is 15.1. The third-order valence-electron chi connectivity index (χ3n) is 5.06. The van der Waals surface area contributed by atoms with Crippen LogP contribution in [0.2, 0.25) is 0 Å². The Kier molecular flexibility index (Phi) is 3.64. The Balaban J connectivity index is 1.99. The Morgan fingerprint density at radius 3 is 1.52 bits per heavy atom. The molecule has 2 aromatic carbocycles. The number of fused-ring (bicyclic) bond motifs is 2. The van der Waals surface area contributed by atoms with Crippen molar-refractivity contribution in [1.29, 1.82) is 0 Å². The Morgan fingerprint density at radius 2 is 1.12 bits per heavy atom. The van der Waals surface area contributed by atoms with Crippen molar-refractivity contribution in [3.63, 3.8) is 0 Å². The Morgan fingerprint density at radius 1 is 0.720 bits per heavy atom. The first-order chi connectivity index (χ1) is 12.1. The Hall–Kier alpha value is -2.62. The lowest BCUT2D eigenvalue weighted by molar-refractivity contribution is 0.493. The summed E-state index contributed by atoms with van der Waals surface area (Å²) in [6.45, 7) is 10.6. The number of nitrogens with zero attached hydrogens (tertiary/aromatic N) is 4. The van der Waals surface area contributed by atoms with Gasteiger partial charge in [-0.15, -0.1) is 0 Å². The normalized spacial score (nSPS) is 12.3. The Labute approximate surface area is 148 Å². The third kappa shape index (κ3) is 2.28. The van der Waals surface area contributed by atoms with E-state index >= 15 is 0 Å². The van der Waals surface area contributed by atoms with Gasteiger partial charge in [0.05, 0.1) is 27.5 Å². The fraction of sp³-hybridized carbons (Fsp3) is 0.333. The van der Waals surface area contributed by atoms with Crippen LogP contribution in [0.5, 0.6) is 0 Å². The zero-order valence-electron chi connectivity index (χ0n) is 15.3. The van der Waals surface area contributed by atoms with Crippen molar-refractivity contribution >= 4 is 22.1 Å². The largest absolute Gasteiger partial charge is 0.327 e. The van der Waals surface area contributed by atoms with E-state index in [0.29, 0.717) is 0 Å². The highest BCUT2D eigenvalue weighted by molar-refractivity contribution is 5.78. The summed E-state index contributed by atoms with van der Waals surface area (Å²) in [5.74, 6) is 2.14. The van der Waals surface area contributed by atoms with Gasteiger partial charge >= 0.3 is 0 Å². The zero-order chi connectivity index (χ0) is 17.6. The monoisotopic (exact) mass is 332 g/mol. The van der Waals surface area contributed by atoms with Crippen LogP contribution in [0.3, 0.4) is 0 Å². The average molecular weight is 332 g/mol. The fourth-order valence-corrected chi connectivity index (χ4v) is 3.85. The van der Waals surface area contributed by atoms with Gasteiger partial charge in [0.15, 0.2) is 0 Å². The molecule has 4 heteroatoms. The van der Waals surface area contributed by atoms with Gasteiger partial charge in [-0.3, -0.25) is 0 Å². The summed E-state index contributed by atoms with van der Waals surface area (Å²) in [5.41, 5.74) is 4.18. The van der Waals surface area contributed by atoms with Gasteiger partial charge in [-0.05, 0) is 52.0 Å². The molecule has 0 amide bonds. The van der Waals surface area contributed by atoms with Gasteiger partial charge in [-0.2, -0.15) is 0 Å². The number of aromatic nitrogens is 4. The van der Waals surface area contributed by atoms with Crippen LogP contribution in [0, 0.1) is 0 Å². The smallest absolute Gasteiger partial charge is 0.123 e. The van der Waals surface area contributed by atoms with E-state index in [-0.39, 0.29) is 5.41 Å². The first-order valence-corrected chi connectivity index (χ1v) is 8.99. The molecule has 4 nitrogen and oxygen atoms in total.